The van der Waals surface area contributed by atoms with Gasteiger partial charge in [-0.1, -0.05) is 60.1 Å². The third kappa shape index (κ3) is 4.00. The molecule has 4 aromatic rings. The van der Waals surface area contributed by atoms with Crippen LogP contribution < -0.4 is 0 Å². The van der Waals surface area contributed by atoms with Crippen molar-refractivity contribution in [3.63, 3.8) is 0 Å². The van der Waals surface area contributed by atoms with Gasteiger partial charge in [0.05, 0.1) is 17.6 Å². The molecule has 0 radical (unpaired) electrons. The first-order valence-electron chi connectivity index (χ1n) is 10.8. The maximum Gasteiger partial charge on any atom is 0.223 e. The summed E-state index contributed by atoms with van der Waals surface area (Å²) in [5, 5.41) is 0.390. The number of carbonyl (C=O) groups is 1. The Morgan fingerprint density at radius 1 is 1.00 bits per heavy atom. The van der Waals surface area contributed by atoms with Crippen LogP contribution in [0.2, 0.25) is 5.02 Å². The zero-order chi connectivity index (χ0) is 22.1. The van der Waals surface area contributed by atoms with E-state index in [1.54, 1.807) is 12.1 Å². The Kier molecular flexibility index (Phi) is 5.66. The third-order valence-electron chi connectivity index (χ3n) is 6.15. The SMILES string of the molecule is O=C1CC(c2nc3ccccc3n2Cc2c(F)cccc2Cl)CN1CCc1ccccc1. The van der Waals surface area contributed by atoms with Gasteiger partial charge in [-0.25, -0.2) is 9.37 Å². The van der Waals surface area contributed by atoms with Crippen LogP contribution in [0.1, 0.15) is 29.3 Å². The normalized spacial score (nSPS) is 16.2. The fourth-order valence-corrected chi connectivity index (χ4v) is 4.71. The Morgan fingerprint density at radius 2 is 1.78 bits per heavy atom. The van der Waals surface area contributed by atoms with E-state index in [2.05, 4.69) is 12.1 Å². The lowest BCUT2D eigenvalue weighted by Gasteiger charge is -2.18. The summed E-state index contributed by atoms with van der Waals surface area (Å²) in [5.41, 5.74) is 3.40. The first-order valence-corrected chi connectivity index (χ1v) is 11.2. The Labute approximate surface area is 191 Å². The standard InChI is InChI=1S/C26H23ClFN3O/c27-21-9-6-10-22(28)20(21)17-31-24-12-5-4-11-23(24)29-26(31)19-15-25(32)30(16-19)14-13-18-7-2-1-3-8-18/h1-12,19H,13-17H2. The van der Waals surface area contributed by atoms with Gasteiger partial charge in [0.2, 0.25) is 5.91 Å². The Bertz CT molecular complexity index is 1250. The predicted octanol–water partition coefficient (Wildman–Crippen LogP) is 5.44. The van der Waals surface area contributed by atoms with E-state index >= 15 is 0 Å². The van der Waals surface area contributed by atoms with Gasteiger partial charge in [-0.2, -0.15) is 0 Å². The topological polar surface area (TPSA) is 38.1 Å². The lowest BCUT2D eigenvalue weighted by Crippen LogP contribution is -2.27. The zero-order valence-corrected chi connectivity index (χ0v) is 18.3. The van der Waals surface area contributed by atoms with Crippen molar-refractivity contribution in [2.75, 3.05) is 13.1 Å². The highest BCUT2D eigenvalue weighted by Gasteiger charge is 2.34. The summed E-state index contributed by atoms with van der Waals surface area (Å²) in [5.74, 6) is 0.555. The molecule has 6 heteroatoms. The van der Waals surface area contributed by atoms with Crippen LogP contribution in [0.25, 0.3) is 11.0 Å². The minimum atomic E-state index is -0.340. The van der Waals surface area contributed by atoms with Crippen LogP contribution >= 0.6 is 11.6 Å². The number of benzene rings is 3. The number of para-hydroxylation sites is 2. The third-order valence-corrected chi connectivity index (χ3v) is 6.51. The number of amides is 1. The van der Waals surface area contributed by atoms with Crippen molar-refractivity contribution in [2.45, 2.75) is 25.3 Å². The maximum absolute atomic E-state index is 14.6. The highest BCUT2D eigenvalue weighted by molar-refractivity contribution is 6.31. The number of carbonyl (C=O) groups excluding carboxylic acids is 1. The number of hydrogen-bond donors (Lipinski definition) is 0. The molecule has 0 bridgehead atoms. The fourth-order valence-electron chi connectivity index (χ4n) is 4.48. The van der Waals surface area contributed by atoms with E-state index in [-0.39, 0.29) is 24.2 Å². The monoisotopic (exact) mass is 447 g/mol. The average Bonchev–Trinajstić information content (AvgIpc) is 3.36. The van der Waals surface area contributed by atoms with Crippen molar-refractivity contribution in [3.8, 4) is 0 Å². The highest BCUT2D eigenvalue weighted by atomic mass is 35.5. The molecule has 3 aromatic carbocycles. The van der Waals surface area contributed by atoms with E-state index in [0.717, 1.165) is 23.3 Å². The van der Waals surface area contributed by atoms with Gasteiger partial charge >= 0.3 is 0 Å². The number of nitrogens with zero attached hydrogens (tertiary/aromatic N) is 3. The van der Waals surface area contributed by atoms with E-state index in [1.165, 1.54) is 11.6 Å². The molecular weight excluding hydrogens is 425 g/mol. The molecule has 0 spiro atoms. The first kappa shape index (κ1) is 20.7. The molecule has 1 unspecified atom stereocenters. The van der Waals surface area contributed by atoms with Crippen molar-refractivity contribution < 1.29 is 9.18 Å². The number of fused-ring (bicyclic) bond motifs is 1. The zero-order valence-electron chi connectivity index (χ0n) is 17.5. The quantitative estimate of drug-likeness (QED) is 0.395. The van der Waals surface area contributed by atoms with Crippen molar-refractivity contribution in [1.82, 2.24) is 14.5 Å². The number of imidazole rings is 1. The van der Waals surface area contributed by atoms with E-state index in [1.807, 2.05) is 51.9 Å². The summed E-state index contributed by atoms with van der Waals surface area (Å²) >= 11 is 6.32. The summed E-state index contributed by atoms with van der Waals surface area (Å²) in [4.78, 5) is 19.6. The van der Waals surface area contributed by atoms with Crippen molar-refractivity contribution in [3.05, 3.63) is 101 Å². The van der Waals surface area contributed by atoms with E-state index in [9.17, 15) is 9.18 Å². The molecule has 0 saturated carbocycles. The minimum absolute atomic E-state index is 0.0452. The van der Waals surface area contributed by atoms with Crippen LogP contribution in [0, 0.1) is 5.82 Å². The largest absolute Gasteiger partial charge is 0.342 e. The Hall–Kier alpha value is -3.18. The smallest absolute Gasteiger partial charge is 0.223 e. The molecule has 1 amide bonds. The van der Waals surface area contributed by atoms with Gasteiger partial charge in [-0.15, -0.1) is 0 Å². The molecule has 0 aliphatic carbocycles. The van der Waals surface area contributed by atoms with Crippen LogP contribution in [-0.4, -0.2) is 33.4 Å². The molecule has 1 saturated heterocycles. The Balaban J connectivity index is 1.44. The van der Waals surface area contributed by atoms with Crippen molar-refractivity contribution in [2.24, 2.45) is 0 Å². The molecule has 1 fully saturated rings. The first-order chi connectivity index (χ1) is 15.6. The van der Waals surface area contributed by atoms with Gasteiger partial charge in [0.25, 0.3) is 0 Å². The van der Waals surface area contributed by atoms with Crippen LogP contribution in [0.4, 0.5) is 4.39 Å². The molecule has 1 aromatic heterocycles. The second-order valence-corrected chi connectivity index (χ2v) is 8.63. The predicted molar refractivity (Wildman–Crippen MR) is 124 cm³/mol. The van der Waals surface area contributed by atoms with Gasteiger partial charge in [-0.05, 0) is 36.2 Å². The number of halogens is 2. The number of rotatable bonds is 6. The summed E-state index contributed by atoms with van der Waals surface area (Å²) in [6, 6.07) is 22.7. The van der Waals surface area contributed by atoms with Gasteiger partial charge < -0.3 is 9.47 Å². The van der Waals surface area contributed by atoms with Gasteiger partial charge in [0.15, 0.2) is 0 Å². The van der Waals surface area contributed by atoms with Gasteiger partial charge in [-0.3, -0.25) is 4.79 Å². The van der Waals surface area contributed by atoms with Crippen LogP contribution in [0.5, 0.6) is 0 Å². The minimum Gasteiger partial charge on any atom is -0.342 e. The number of aromatic nitrogens is 2. The van der Waals surface area contributed by atoms with Gasteiger partial charge in [0, 0.05) is 36.0 Å². The van der Waals surface area contributed by atoms with Gasteiger partial charge in [0.1, 0.15) is 11.6 Å². The molecule has 1 atom stereocenters. The Morgan fingerprint density at radius 3 is 2.59 bits per heavy atom. The van der Waals surface area contributed by atoms with Crippen LogP contribution in [-0.2, 0) is 17.8 Å². The molecule has 0 N–H and O–H groups in total. The van der Waals surface area contributed by atoms with Crippen molar-refractivity contribution >= 4 is 28.5 Å². The fraction of sp³-hybridized carbons (Fsp3) is 0.231. The van der Waals surface area contributed by atoms with Crippen molar-refractivity contribution in [1.29, 1.82) is 0 Å². The van der Waals surface area contributed by atoms with E-state index in [4.69, 9.17) is 16.6 Å². The van der Waals surface area contributed by atoms with E-state index in [0.29, 0.717) is 30.1 Å². The summed E-state index contributed by atoms with van der Waals surface area (Å²) in [6.07, 6.45) is 1.23. The highest BCUT2D eigenvalue weighted by Crippen LogP contribution is 2.32. The molecule has 4 nitrogen and oxygen atoms in total. The maximum atomic E-state index is 14.6. The second-order valence-electron chi connectivity index (χ2n) is 8.22. The summed E-state index contributed by atoms with van der Waals surface area (Å²) < 4.78 is 16.6. The molecule has 1 aliphatic heterocycles. The molecule has 2 heterocycles. The molecule has 5 rings (SSSR count). The molecule has 162 valence electrons. The van der Waals surface area contributed by atoms with E-state index < -0.39 is 0 Å². The second kappa shape index (κ2) is 8.75. The lowest BCUT2D eigenvalue weighted by molar-refractivity contribution is -0.127. The number of hydrogen-bond acceptors (Lipinski definition) is 2. The molecule has 1 aliphatic rings. The van der Waals surface area contributed by atoms with Crippen LogP contribution in [0.15, 0.2) is 72.8 Å². The summed E-state index contributed by atoms with van der Waals surface area (Å²) in [7, 11) is 0. The summed E-state index contributed by atoms with van der Waals surface area (Å²) in [6.45, 7) is 1.56. The molecular formula is C26H23ClFN3O. The average molecular weight is 448 g/mol. The van der Waals surface area contributed by atoms with Crippen LogP contribution in [0.3, 0.4) is 0 Å². The molecule has 32 heavy (non-hydrogen) atoms. The lowest BCUT2D eigenvalue weighted by atomic mass is 10.1. The number of likely N-dealkylation sites (tertiary alicyclic amines) is 1.